The zero-order valence-electron chi connectivity index (χ0n) is 37.8. The fourth-order valence-electron chi connectivity index (χ4n) is 3.32. The van der Waals surface area contributed by atoms with Crippen LogP contribution in [-0.4, -0.2) is 44.8 Å². The molecule has 4 nitrogen and oxygen atoms in total. The number of hydrogen-bond acceptors (Lipinski definition) is 4. The van der Waals surface area contributed by atoms with E-state index in [1.165, 1.54) is 48.6 Å². The van der Waals surface area contributed by atoms with Crippen molar-refractivity contribution in [3.05, 3.63) is 146 Å². The van der Waals surface area contributed by atoms with Gasteiger partial charge in [-0.15, -0.1) is 0 Å². The van der Waals surface area contributed by atoms with Crippen LogP contribution in [0.1, 0.15) is 131 Å². The highest BCUT2D eigenvalue weighted by Crippen LogP contribution is 2.01. The minimum Gasteiger partial charge on any atom is -0.389 e. The van der Waals surface area contributed by atoms with Crippen molar-refractivity contribution in [3.63, 3.8) is 0 Å². The third kappa shape index (κ3) is 46.8. The van der Waals surface area contributed by atoms with E-state index in [2.05, 4.69) is 13.8 Å². The Morgan fingerprint density at radius 2 is 0.680 bits per heavy atom. The molecule has 0 aromatic carbocycles. The van der Waals surface area contributed by atoms with Gasteiger partial charge in [-0.25, -0.2) is 0 Å². The first-order valence-corrected chi connectivity index (χ1v) is 17.3. The van der Waals surface area contributed by atoms with E-state index in [4.69, 9.17) is 11.0 Å². The molecule has 0 aliphatic rings. The van der Waals surface area contributed by atoms with Gasteiger partial charge in [-0.05, 0) is 64.2 Å². The molecule has 0 amide bonds. The quantitative estimate of drug-likeness (QED) is 0.0535. The van der Waals surface area contributed by atoms with Gasteiger partial charge < -0.3 is 20.4 Å². The Labute approximate surface area is 320 Å². The third-order valence-electron chi connectivity index (χ3n) is 5.93. The molecular weight excluding hydrogens is 617 g/mol. The summed E-state index contributed by atoms with van der Waals surface area (Å²) < 4.78 is 63.0. The molecule has 0 aromatic rings. The molecule has 0 heterocycles. The number of hydrogen-bond donors (Lipinski definition) is 4. The molecule has 0 rings (SSSR count). The van der Waals surface area contributed by atoms with Gasteiger partial charge in [0.1, 0.15) is 0 Å². The molecule has 0 aromatic heterocycles. The van der Waals surface area contributed by atoms with Crippen LogP contribution in [0.25, 0.3) is 0 Å². The van der Waals surface area contributed by atoms with Crippen molar-refractivity contribution in [1.82, 2.24) is 0 Å². The molecule has 0 bridgehead atoms. The second-order valence-electron chi connectivity index (χ2n) is 10.6. The lowest BCUT2D eigenvalue weighted by Gasteiger charge is -1.98. The molecule has 0 aliphatic carbocycles. The molecule has 0 aliphatic heterocycles. The average molecular weight is 701 g/mol. The van der Waals surface area contributed by atoms with Crippen LogP contribution in [0.4, 0.5) is 0 Å². The van der Waals surface area contributed by atoms with Crippen LogP contribution in [0.15, 0.2) is 146 Å². The maximum atomic E-state index is 9.83. The Bertz CT molecular complexity index is 1340. The van der Waals surface area contributed by atoms with Crippen LogP contribution >= 0.6 is 0 Å². The number of aliphatic hydroxyl groups is 4. The van der Waals surface area contributed by atoms with Gasteiger partial charge in [0, 0.05) is 0 Å². The summed E-state index contributed by atoms with van der Waals surface area (Å²) in [6.07, 6.45) is 31.1. The minimum atomic E-state index is -0.718. The van der Waals surface area contributed by atoms with Gasteiger partial charge in [0.25, 0.3) is 0 Å². The van der Waals surface area contributed by atoms with Crippen molar-refractivity contribution in [2.75, 3.05) is 0 Å². The Morgan fingerprint density at radius 1 is 0.420 bits per heavy atom. The second-order valence-corrected chi connectivity index (χ2v) is 10.6. The van der Waals surface area contributed by atoms with Crippen molar-refractivity contribution in [2.24, 2.45) is 0 Å². The molecular formula is C46H76O4. The number of aliphatic hydroxyl groups excluding tert-OH is 4. The lowest BCUT2D eigenvalue weighted by atomic mass is 10.2. The van der Waals surface area contributed by atoms with E-state index in [0.717, 1.165) is 38.5 Å². The van der Waals surface area contributed by atoms with Gasteiger partial charge >= 0.3 is 0 Å². The van der Waals surface area contributed by atoms with E-state index in [9.17, 15) is 20.4 Å². The summed E-state index contributed by atoms with van der Waals surface area (Å²) in [5, 5.41) is 39.2. The van der Waals surface area contributed by atoms with E-state index in [-0.39, 0.29) is 76.1 Å². The first kappa shape index (κ1) is 38.0. The highest BCUT2D eigenvalue weighted by Gasteiger charge is 1.95. The van der Waals surface area contributed by atoms with E-state index in [0.29, 0.717) is 25.7 Å². The van der Waals surface area contributed by atoms with Crippen molar-refractivity contribution in [1.29, 1.82) is 0 Å². The molecule has 0 radical (unpaired) electrons. The smallest absolute Gasteiger partial charge is 0.0758 e. The molecule has 0 spiro atoms. The topological polar surface area (TPSA) is 80.9 Å². The van der Waals surface area contributed by atoms with Crippen LogP contribution in [0.3, 0.4) is 0 Å². The highest BCUT2D eigenvalue weighted by molar-refractivity contribution is 5.12. The van der Waals surface area contributed by atoms with Crippen molar-refractivity contribution >= 4 is 0 Å². The zero-order valence-corrected chi connectivity index (χ0v) is 29.8. The van der Waals surface area contributed by atoms with Crippen LogP contribution in [-0.2, 0) is 0 Å². The standard InChI is InChI=1S/2C22H34O2.2CH4/c2*1-3-5-7-14-18-22(24)20-16-12-10-8-9-11-15-19-21(23)17-13-6-4-2;;/h2*6-7,9-16,19-24H,3-5,8,17-18H2,1-2H3;2*1H4/b2*11-9-,12-10-,13-6-,14-7-,19-15+,20-16+;;/t2*21-,22-;;/m00../s1/i2*9D,10D,11D,12D;;. The van der Waals surface area contributed by atoms with E-state index >= 15 is 0 Å². The molecule has 0 saturated heterocycles. The molecule has 50 heavy (non-hydrogen) atoms. The van der Waals surface area contributed by atoms with Gasteiger partial charge in [-0.1, -0.05) is 201 Å². The predicted molar refractivity (Wildman–Crippen MR) is 225 cm³/mol. The maximum Gasteiger partial charge on any atom is 0.0758 e. The molecule has 0 unspecified atom stereocenters. The van der Waals surface area contributed by atoms with Crippen molar-refractivity contribution in [3.8, 4) is 0 Å². The first-order valence-electron chi connectivity index (χ1n) is 21.3. The summed E-state index contributed by atoms with van der Waals surface area (Å²) in [6.45, 7) is 8.16. The number of rotatable bonds is 26. The summed E-state index contributed by atoms with van der Waals surface area (Å²) >= 11 is 0. The van der Waals surface area contributed by atoms with Crippen LogP contribution in [0, 0.1) is 0 Å². The van der Waals surface area contributed by atoms with Crippen LogP contribution in [0.5, 0.6) is 0 Å². The SMILES string of the molecule is C.C.[2H]C(/C=C/[C@@H](O)C/C=C\CC)=C(\[2H])C/C([2H])=C([2H])\C=C\[C@@H](O)C/C=C\CCC.[2H]C(/C=C/[C@@H](O)C/C=C\CC)=C(\[2H])C/C([2H])=C([2H])\C=C\[C@@H](O)C/C=C\CCC. The van der Waals surface area contributed by atoms with Gasteiger partial charge in [-0.2, -0.15) is 0 Å². The van der Waals surface area contributed by atoms with Crippen molar-refractivity contribution < 1.29 is 31.4 Å². The molecule has 0 saturated carbocycles. The zero-order chi connectivity index (χ0) is 42.7. The number of allylic oxidation sites excluding steroid dienone is 16. The minimum absolute atomic E-state index is 0. The summed E-state index contributed by atoms with van der Waals surface area (Å²) in [4.78, 5) is 0. The normalized spacial score (nSPS) is 19.2. The van der Waals surface area contributed by atoms with Crippen LogP contribution < -0.4 is 0 Å². The molecule has 4 heteroatoms. The van der Waals surface area contributed by atoms with Gasteiger partial charge in [0.05, 0.1) is 35.4 Å². The lowest BCUT2D eigenvalue weighted by molar-refractivity contribution is 0.226. The largest absolute Gasteiger partial charge is 0.389 e. The Hall–Kier alpha value is -3.28. The van der Waals surface area contributed by atoms with Crippen molar-refractivity contribution in [2.45, 2.75) is 144 Å². The molecule has 284 valence electrons. The molecule has 4 N–H and O–H groups in total. The number of unbranched alkanes of at least 4 members (excludes halogenated alkanes) is 2. The third-order valence-corrected chi connectivity index (χ3v) is 5.93. The summed E-state index contributed by atoms with van der Waals surface area (Å²) in [7, 11) is 0. The van der Waals surface area contributed by atoms with E-state index < -0.39 is 24.4 Å². The van der Waals surface area contributed by atoms with Gasteiger partial charge in [0.2, 0.25) is 0 Å². The molecule has 4 atom stereocenters. The highest BCUT2D eigenvalue weighted by atomic mass is 16.3. The fraction of sp³-hybridized carbons (Fsp3) is 0.478. The van der Waals surface area contributed by atoms with Gasteiger partial charge in [0.15, 0.2) is 0 Å². The summed E-state index contributed by atoms with van der Waals surface area (Å²) in [5.41, 5.74) is 0. The first-order chi connectivity index (χ1) is 26.6. The van der Waals surface area contributed by atoms with Gasteiger partial charge in [-0.3, -0.25) is 0 Å². The Kier molecular flexibility index (Phi) is 34.7. The van der Waals surface area contributed by atoms with E-state index in [1.807, 2.05) is 62.5 Å². The summed E-state index contributed by atoms with van der Waals surface area (Å²) in [5.74, 6) is 0. The Balaban J connectivity index is -0.000000486. The van der Waals surface area contributed by atoms with E-state index in [1.54, 1.807) is 0 Å². The summed E-state index contributed by atoms with van der Waals surface area (Å²) in [6, 6.07) is -0.774. The maximum absolute atomic E-state index is 9.83. The monoisotopic (exact) mass is 701 g/mol. The van der Waals surface area contributed by atoms with Crippen LogP contribution in [0.2, 0.25) is 0 Å². The predicted octanol–water partition coefficient (Wildman–Crippen LogP) is 12.1. The Morgan fingerprint density at radius 3 is 0.920 bits per heavy atom. The average Bonchev–Trinajstić information content (AvgIpc) is 3.17. The fourth-order valence-corrected chi connectivity index (χ4v) is 3.32. The lowest BCUT2D eigenvalue weighted by Crippen LogP contribution is -1.98. The molecule has 0 fully saturated rings. The second kappa shape index (κ2) is 45.7.